The van der Waals surface area contributed by atoms with Gasteiger partial charge < -0.3 is 10.6 Å². The maximum absolute atomic E-state index is 11.7. The minimum Gasteiger partial charge on any atom is -0.382 e. The molecule has 1 saturated heterocycles. The molecule has 1 fully saturated rings. The number of aromatic nitrogens is 3. The fraction of sp³-hybridized carbons (Fsp3) is 0.227. The van der Waals surface area contributed by atoms with Gasteiger partial charge in [-0.25, -0.2) is 9.97 Å². The van der Waals surface area contributed by atoms with Gasteiger partial charge in [-0.05, 0) is 49.1 Å². The zero-order valence-electron chi connectivity index (χ0n) is 15.9. The van der Waals surface area contributed by atoms with E-state index in [1.54, 1.807) is 11.1 Å². The van der Waals surface area contributed by atoms with E-state index in [0.29, 0.717) is 30.1 Å². The van der Waals surface area contributed by atoms with Crippen molar-refractivity contribution >= 4 is 17.2 Å². The molecule has 0 bridgehead atoms. The molecule has 1 aliphatic rings. The van der Waals surface area contributed by atoms with Crippen molar-refractivity contribution in [2.24, 2.45) is 0 Å². The molecule has 1 amide bonds. The standard InChI is InChI=1S/C22H21N5O/c1-4-19(28)26-12-17(13-26)22-25-18(20-21(23)24-7-8-27(20)22)6-5-16-10-14(2)9-15(3)11-16/h4,7-11,17H,1,12-13H2,2-3H3,(H2,23,24). The first-order valence-corrected chi connectivity index (χ1v) is 9.10. The quantitative estimate of drug-likeness (QED) is 0.554. The maximum atomic E-state index is 11.7. The minimum atomic E-state index is -0.0619. The van der Waals surface area contributed by atoms with Crippen LogP contribution in [0, 0.1) is 25.7 Å². The number of carbonyl (C=O) groups excluding carboxylic acids is 1. The average Bonchev–Trinajstić information content (AvgIpc) is 2.97. The third kappa shape index (κ3) is 3.12. The van der Waals surface area contributed by atoms with Gasteiger partial charge in [0.25, 0.3) is 0 Å². The van der Waals surface area contributed by atoms with Crippen molar-refractivity contribution in [1.82, 2.24) is 19.3 Å². The van der Waals surface area contributed by atoms with Crippen molar-refractivity contribution < 1.29 is 4.79 Å². The van der Waals surface area contributed by atoms with Gasteiger partial charge in [-0.2, -0.15) is 0 Å². The number of benzene rings is 1. The number of amides is 1. The van der Waals surface area contributed by atoms with Crippen LogP contribution in [-0.4, -0.2) is 38.3 Å². The molecule has 1 aliphatic heterocycles. The Morgan fingerprint density at radius 3 is 2.64 bits per heavy atom. The summed E-state index contributed by atoms with van der Waals surface area (Å²) in [6.45, 7) is 8.86. The van der Waals surface area contributed by atoms with Crippen LogP contribution in [0.2, 0.25) is 0 Å². The summed E-state index contributed by atoms with van der Waals surface area (Å²) in [7, 11) is 0. The molecule has 0 radical (unpaired) electrons. The zero-order valence-corrected chi connectivity index (χ0v) is 15.9. The summed E-state index contributed by atoms with van der Waals surface area (Å²) < 4.78 is 1.94. The first-order chi connectivity index (χ1) is 13.5. The molecule has 140 valence electrons. The number of nitrogen functional groups attached to an aromatic ring is 1. The number of nitrogens with zero attached hydrogens (tertiary/aromatic N) is 4. The normalized spacial score (nSPS) is 13.7. The molecule has 0 aliphatic carbocycles. The van der Waals surface area contributed by atoms with Crippen molar-refractivity contribution in [1.29, 1.82) is 0 Å². The van der Waals surface area contributed by atoms with Crippen molar-refractivity contribution in [3.8, 4) is 11.8 Å². The Morgan fingerprint density at radius 2 is 1.96 bits per heavy atom. The van der Waals surface area contributed by atoms with Gasteiger partial charge in [0.2, 0.25) is 5.91 Å². The summed E-state index contributed by atoms with van der Waals surface area (Å²) in [5.74, 6) is 7.68. The molecule has 6 nitrogen and oxygen atoms in total. The Morgan fingerprint density at radius 1 is 1.25 bits per heavy atom. The number of hydrogen-bond donors (Lipinski definition) is 1. The number of aryl methyl sites for hydroxylation is 2. The fourth-order valence-corrected chi connectivity index (χ4v) is 3.59. The summed E-state index contributed by atoms with van der Waals surface area (Å²) in [6.07, 6.45) is 4.83. The van der Waals surface area contributed by atoms with E-state index in [4.69, 9.17) is 10.7 Å². The topological polar surface area (TPSA) is 76.5 Å². The van der Waals surface area contributed by atoms with Crippen molar-refractivity contribution in [2.75, 3.05) is 18.8 Å². The summed E-state index contributed by atoms with van der Waals surface area (Å²) in [5, 5.41) is 0. The first-order valence-electron chi connectivity index (χ1n) is 9.10. The molecule has 28 heavy (non-hydrogen) atoms. The maximum Gasteiger partial charge on any atom is 0.246 e. The van der Waals surface area contributed by atoms with Crippen molar-refractivity contribution in [3.63, 3.8) is 0 Å². The van der Waals surface area contributed by atoms with E-state index in [1.807, 2.05) is 22.7 Å². The van der Waals surface area contributed by atoms with Crippen LogP contribution in [0.5, 0.6) is 0 Å². The highest BCUT2D eigenvalue weighted by molar-refractivity contribution is 5.87. The van der Waals surface area contributed by atoms with E-state index < -0.39 is 0 Å². The van der Waals surface area contributed by atoms with E-state index in [2.05, 4.69) is 43.3 Å². The molecular weight excluding hydrogens is 350 g/mol. The highest BCUT2D eigenvalue weighted by atomic mass is 16.2. The van der Waals surface area contributed by atoms with Gasteiger partial charge >= 0.3 is 0 Å². The highest BCUT2D eigenvalue weighted by Gasteiger charge is 2.34. The summed E-state index contributed by atoms with van der Waals surface area (Å²) in [6, 6.07) is 6.21. The van der Waals surface area contributed by atoms with Crippen LogP contribution in [0.3, 0.4) is 0 Å². The largest absolute Gasteiger partial charge is 0.382 e. The second-order valence-electron chi connectivity index (χ2n) is 7.12. The van der Waals surface area contributed by atoms with E-state index in [0.717, 1.165) is 11.4 Å². The summed E-state index contributed by atoms with van der Waals surface area (Å²) in [4.78, 5) is 22.4. The predicted molar refractivity (Wildman–Crippen MR) is 109 cm³/mol. The van der Waals surface area contributed by atoms with Crippen LogP contribution < -0.4 is 5.73 Å². The number of fused-ring (bicyclic) bond motifs is 1. The average molecular weight is 371 g/mol. The number of likely N-dealkylation sites (tertiary alicyclic amines) is 1. The SMILES string of the molecule is C=CC(=O)N1CC(c2nc(C#Cc3cc(C)cc(C)c3)c3c(N)nccn23)C1. The van der Waals surface area contributed by atoms with Crippen LogP contribution in [0.25, 0.3) is 5.52 Å². The molecular formula is C22H21N5O. The Bertz CT molecular complexity index is 1140. The van der Waals surface area contributed by atoms with Crippen molar-refractivity contribution in [2.45, 2.75) is 19.8 Å². The Balaban J connectivity index is 1.73. The number of carbonyl (C=O) groups is 1. The molecule has 0 atom stereocenters. The number of rotatable bonds is 2. The molecule has 2 aromatic heterocycles. The predicted octanol–water partition coefficient (Wildman–Crippen LogP) is 2.44. The van der Waals surface area contributed by atoms with Gasteiger partial charge in [0.1, 0.15) is 17.0 Å². The molecule has 1 aromatic carbocycles. The second kappa shape index (κ2) is 6.86. The smallest absolute Gasteiger partial charge is 0.246 e. The number of hydrogen-bond acceptors (Lipinski definition) is 4. The van der Waals surface area contributed by atoms with Crippen LogP contribution in [0.4, 0.5) is 5.82 Å². The van der Waals surface area contributed by atoms with E-state index >= 15 is 0 Å². The number of imidazole rings is 1. The van der Waals surface area contributed by atoms with E-state index in [1.165, 1.54) is 17.2 Å². The van der Waals surface area contributed by atoms with Gasteiger partial charge in [0.15, 0.2) is 5.82 Å². The van der Waals surface area contributed by atoms with E-state index in [9.17, 15) is 4.79 Å². The third-order valence-electron chi connectivity index (χ3n) is 4.89. The molecule has 2 N–H and O–H groups in total. The van der Waals surface area contributed by atoms with Crippen LogP contribution in [-0.2, 0) is 4.79 Å². The third-order valence-corrected chi connectivity index (χ3v) is 4.89. The zero-order chi connectivity index (χ0) is 19.8. The highest BCUT2D eigenvalue weighted by Crippen LogP contribution is 2.29. The van der Waals surface area contributed by atoms with Crippen LogP contribution in [0.15, 0.2) is 43.2 Å². The Kier molecular flexibility index (Phi) is 4.36. The van der Waals surface area contributed by atoms with Gasteiger partial charge in [0, 0.05) is 31.0 Å². The molecule has 3 heterocycles. The molecule has 0 unspecified atom stereocenters. The van der Waals surface area contributed by atoms with Gasteiger partial charge in [0.05, 0.1) is 5.92 Å². The summed E-state index contributed by atoms with van der Waals surface area (Å²) in [5.41, 5.74) is 10.7. The lowest BCUT2D eigenvalue weighted by Gasteiger charge is -2.37. The van der Waals surface area contributed by atoms with Gasteiger partial charge in [-0.3, -0.25) is 9.20 Å². The Hall–Kier alpha value is -3.59. The molecule has 6 heteroatoms. The molecule has 3 aromatic rings. The number of nitrogens with two attached hydrogens (primary N) is 1. The lowest BCUT2D eigenvalue weighted by molar-refractivity contribution is -0.130. The lowest BCUT2D eigenvalue weighted by Crippen LogP contribution is -2.48. The molecule has 0 saturated carbocycles. The van der Waals surface area contributed by atoms with Gasteiger partial charge in [-0.1, -0.05) is 18.6 Å². The van der Waals surface area contributed by atoms with Crippen LogP contribution >= 0.6 is 0 Å². The number of anilines is 1. The molecule has 4 rings (SSSR count). The van der Waals surface area contributed by atoms with E-state index in [-0.39, 0.29) is 11.8 Å². The molecule has 0 spiro atoms. The first kappa shape index (κ1) is 17.8. The minimum absolute atomic E-state index is 0.0619. The van der Waals surface area contributed by atoms with Crippen molar-refractivity contribution in [3.05, 3.63) is 71.5 Å². The summed E-state index contributed by atoms with van der Waals surface area (Å²) >= 11 is 0. The monoisotopic (exact) mass is 371 g/mol. The fourth-order valence-electron chi connectivity index (χ4n) is 3.59. The second-order valence-corrected chi connectivity index (χ2v) is 7.12. The van der Waals surface area contributed by atoms with Crippen LogP contribution in [0.1, 0.15) is 34.1 Å². The van der Waals surface area contributed by atoms with Gasteiger partial charge in [-0.15, -0.1) is 0 Å². The lowest BCUT2D eigenvalue weighted by atomic mass is 9.99. The Labute approximate surface area is 163 Å².